The van der Waals surface area contributed by atoms with Gasteiger partial charge in [0.2, 0.25) is 0 Å². The van der Waals surface area contributed by atoms with Gasteiger partial charge < -0.3 is 10.2 Å². The van der Waals surface area contributed by atoms with E-state index in [1.807, 2.05) is 0 Å². The molecule has 0 radical (unpaired) electrons. The van der Waals surface area contributed by atoms with Crippen LogP contribution in [-0.2, 0) is 6.42 Å². The fourth-order valence-electron chi connectivity index (χ4n) is 0.975. The molecule has 0 bridgehead atoms. The van der Waals surface area contributed by atoms with E-state index < -0.39 is 22.4 Å². The lowest BCUT2D eigenvalue weighted by Gasteiger charge is -2.06. The molecule has 0 aliphatic carbocycles. The molecule has 0 heterocycles. The standard InChI is InChI=1S/C8H7ClF2O2/c9-5-3-6(10)8(13)4(1-2-12)7(5)11/h3,12-13H,1-2H2. The lowest BCUT2D eigenvalue weighted by Crippen LogP contribution is -1.98. The highest BCUT2D eigenvalue weighted by Crippen LogP contribution is 2.29. The van der Waals surface area contributed by atoms with Gasteiger partial charge in [-0.15, -0.1) is 0 Å². The molecule has 13 heavy (non-hydrogen) atoms. The molecule has 2 N–H and O–H groups in total. The Kier molecular flexibility index (Phi) is 3.06. The van der Waals surface area contributed by atoms with Crippen molar-refractivity contribution in [1.82, 2.24) is 0 Å². The lowest BCUT2D eigenvalue weighted by molar-refractivity contribution is 0.294. The molecule has 0 spiro atoms. The van der Waals surface area contributed by atoms with Crippen LogP contribution in [0.4, 0.5) is 8.78 Å². The highest BCUT2D eigenvalue weighted by Gasteiger charge is 2.16. The predicted molar refractivity (Wildman–Crippen MR) is 43.8 cm³/mol. The fourth-order valence-corrected chi connectivity index (χ4v) is 1.19. The summed E-state index contributed by atoms with van der Waals surface area (Å²) in [5.41, 5.74) is -0.299. The van der Waals surface area contributed by atoms with Crippen LogP contribution >= 0.6 is 11.6 Å². The van der Waals surface area contributed by atoms with Crippen molar-refractivity contribution in [2.45, 2.75) is 6.42 Å². The van der Waals surface area contributed by atoms with Gasteiger partial charge in [-0.05, 0) is 6.07 Å². The van der Waals surface area contributed by atoms with Crippen LogP contribution < -0.4 is 0 Å². The van der Waals surface area contributed by atoms with Gasteiger partial charge in [0.15, 0.2) is 11.6 Å². The molecule has 0 amide bonds. The van der Waals surface area contributed by atoms with Gasteiger partial charge in [-0.1, -0.05) is 11.6 Å². The molecule has 1 aromatic carbocycles. The van der Waals surface area contributed by atoms with Crippen LogP contribution in [0.25, 0.3) is 0 Å². The number of aliphatic hydroxyl groups excluding tert-OH is 1. The second-order valence-corrected chi connectivity index (χ2v) is 2.86. The van der Waals surface area contributed by atoms with Crippen molar-refractivity contribution >= 4 is 11.6 Å². The summed E-state index contributed by atoms with van der Waals surface area (Å²) in [6.07, 6.45) is -0.171. The van der Waals surface area contributed by atoms with Crippen molar-refractivity contribution in [2.75, 3.05) is 6.61 Å². The number of aromatic hydroxyl groups is 1. The van der Waals surface area contributed by atoms with Gasteiger partial charge in [0, 0.05) is 18.6 Å². The Morgan fingerprint density at radius 3 is 2.54 bits per heavy atom. The maximum absolute atomic E-state index is 13.1. The molecule has 1 rings (SSSR count). The van der Waals surface area contributed by atoms with E-state index in [1.54, 1.807) is 0 Å². The smallest absolute Gasteiger partial charge is 0.166 e. The summed E-state index contributed by atoms with van der Waals surface area (Å²) in [6, 6.07) is 0.688. The third-order valence-electron chi connectivity index (χ3n) is 1.60. The number of hydrogen-bond donors (Lipinski definition) is 2. The maximum Gasteiger partial charge on any atom is 0.166 e. The van der Waals surface area contributed by atoms with Crippen LogP contribution in [0.3, 0.4) is 0 Å². The van der Waals surface area contributed by atoms with Gasteiger partial charge in [-0.3, -0.25) is 0 Å². The van der Waals surface area contributed by atoms with Crippen molar-refractivity contribution < 1.29 is 19.0 Å². The van der Waals surface area contributed by atoms with Gasteiger partial charge in [0.25, 0.3) is 0 Å². The summed E-state index contributed by atoms with van der Waals surface area (Å²) in [5, 5.41) is 17.2. The predicted octanol–water partition coefficient (Wildman–Crippen LogP) is 1.86. The van der Waals surface area contributed by atoms with Gasteiger partial charge in [0.1, 0.15) is 5.82 Å². The molecule has 0 saturated carbocycles. The van der Waals surface area contributed by atoms with E-state index in [1.165, 1.54) is 0 Å². The fraction of sp³-hybridized carbons (Fsp3) is 0.250. The third kappa shape index (κ3) is 1.89. The van der Waals surface area contributed by atoms with Crippen LogP contribution in [0.5, 0.6) is 5.75 Å². The monoisotopic (exact) mass is 208 g/mol. The zero-order valence-electron chi connectivity index (χ0n) is 6.52. The van der Waals surface area contributed by atoms with E-state index in [0.29, 0.717) is 6.07 Å². The molecular weight excluding hydrogens is 202 g/mol. The van der Waals surface area contributed by atoms with Crippen LogP contribution in [-0.4, -0.2) is 16.8 Å². The summed E-state index contributed by atoms with van der Waals surface area (Å²) in [6.45, 7) is -0.385. The maximum atomic E-state index is 13.1. The first-order chi connectivity index (χ1) is 6.07. The van der Waals surface area contributed by atoms with Crippen molar-refractivity contribution in [2.24, 2.45) is 0 Å². The molecule has 0 atom stereocenters. The van der Waals surface area contributed by atoms with Crippen LogP contribution in [0.2, 0.25) is 5.02 Å². The van der Waals surface area contributed by atoms with E-state index >= 15 is 0 Å². The lowest BCUT2D eigenvalue weighted by atomic mass is 10.1. The van der Waals surface area contributed by atoms with Crippen LogP contribution in [0, 0.1) is 11.6 Å². The Hall–Kier alpha value is -0.870. The Morgan fingerprint density at radius 1 is 1.38 bits per heavy atom. The van der Waals surface area contributed by atoms with Crippen LogP contribution in [0.1, 0.15) is 5.56 Å². The molecule has 0 aliphatic heterocycles. The van der Waals surface area contributed by atoms with E-state index in [9.17, 15) is 8.78 Å². The quantitative estimate of drug-likeness (QED) is 0.729. The molecule has 0 saturated heterocycles. The molecule has 2 nitrogen and oxygen atoms in total. The molecular formula is C8H7ClF2O2. The van der Waals surface area contributed by atoms with Gasteiger partial charge in [-0.25, -0.2) is 8.78 Å². The van der Waals surface area contributed by atoms with E-state index in [2.05, 4.69) is 0 Å². The average Bonchev–Trinajstić information content (AvgIpc) is 2.09. The van der Waals surface area contributed by atoms with Crippen molar-refractivity contribution in [1.29, 1.82) is 0 Å². The zero-order chi connectivity index (χ0) is 10.0. The SMILES string of the molecule is OCCc1c(O)c(F)cc(Cl)c1F. The average molecular weight is 209 g/mol. The molecule has 0 aliphatic rings. The first kappa shape index (κ1) is 10.2. The number of aliphatic hydroxyl groups is 1. The second-order valence-electron chi connectivity index (χ2n) is 2.45. The summed E-state index contributed by atoms with van der Waals surface area (Å²) in [7, 11) is 0. The Labute approximate surface area is 78.4 Å². The first-order valence-corrected chi connectivity index (χ1v) is 3.92. The summed E-state index contributed by atoms with van der Waals surface area (Å²) in [4.78, 5) is 0. The van der Waals surface area contributed by atoms with E-state index in [-0.39, 0.29) is 18.6 Å². The van der Waals surface area contributed by atoms with Gasteiger partial charge >= 0.3 is 0 Å². The molecule has 0 unspecified atom stereocenters. The van der Waals surface area contributed by atoms with Crippen LogP contribution in [0.15, 0.2) is 6.07 Å². The molecule has 1 aromatic rings. The number of phenolic OH excluding ortho intramolecular Hbond substituents is 1. The molecule has 5 heteroatoms. The number of phenols is 1. The Bertz CT molecular complexity index is 302. The molecule has 72 valence electrons. The topological polar surface area (TPSA) is 40.5 Å². The van der Waals surface area contributed by atoms with Crippen molar-refractivity contribution in [3.8, 4) is 5.75 Å². The normalized spacial score (nSPS) is 10.5. The number of benzene rings is 1. The van der Waals surface area contributed by atoms with Crippen molar-refractivity contribution in [3.63, 3.8) is 0 Å². The minimum Gasteiger partial charge on any atom is -0.505 e. The Morgan fingerprint density at radius 2 is 2.00 bits per heavy atom. The third-order valence-corrected chi connectivity index (χ3v) is 1.88. The minimum absolute atomic E-state index is 0.171. The summed E-state index contributed by atoms with van der Waals surface area (Å²) in [5.74, 6) is -2.68. The van der Waals surface area contributed by atoms with E-state index in [0.717, 1.165) is 0 Å². The summed E-state index contributed by atoms with van der Waals surface area (Å²) < 4.78 is 25.8. The van der Waals surface area contributed by atoms with Crippen molar-refractivity contribution in [3.05, 3.63) is 28.3 Å². The number of rotatable bonds is 2. The summed E-state index contributed by atoms with van der Waals surface area (Å²) >= 11 is 5.32. The Balaban J connectivity index is 3.28. The highest BCUT2D eigenvalue weighted by molar-refractivity contribution is 6.30. The minimum atomic E-state index is -0.991. The highest BCUT2D eigenvalue weighted by atomic mass is 35.5. The number of hydrogen-bond acceptors (Lipinski definition) is 2. The first-order valence-electron chi connectivity index (χ1n) is 3.54. The zero-order valence-corrected chi connectivity index (χ0v) is 7.28. The van der Waals surface area contributed by atoms with Gasteiger partial charge in [0.05, 0.1) is 5.02 Å². The van der Waals surface area contributed by atoms with Gasteiger partial charge in [-0.2, -0.15) is 0 Å². The second kappa shape index (κ2) is 3.89. The molecule has 0 fully saturated rings. The largest absolute Gasteiger partial charge is 0.505 e. The van der Waals surface area contributed by atoms with E-state index in [4.69, 9.17) is 21.8 Å². The number of halogens is 3. The molecule has 0 aromatic heterocycles.